The molecule has 3 N–H and O–H groups in total. The van der Waals surface area contributed by atoms with Crippen molar-refractivity contribution in [1.82, 2.24) is 14.9 Å². The zero-order valence-corrected chi connectivity index (χ0v) is 6.95. The van der Waals surface area contributed by atoms with Gasteiger partial charge in [0.2, 0.25) is 0 Å². The Balaban J connectivity index is 2.31. The first kappa shape index (κ1) is 8.58. The third-order valence-electron chi connectivity index (χ3n) is 1.65. The van der Waals surface area contributed by atoms with Crippen LogP contribution in [0.25, 0.3) is 0 Å². The third-order valence-corrected chi connectivity index (χ3v) is 1.65. The van der Waals surface area contributed by atoms with E-state index in [1.165, 1.54) is 4.90 Å². The van der Waals surface area contributed by atoms with Gasteiger partial charge in [-0.1, -0.05) is 0 Å². The van der Waals surface area contributed by atoms with Crippen molar-refractivity contribution in [2.75, 3.05) is 13.6 Å². The van der Waals surface area contributed by atoms with Crippen LogP contribution in [0, 0.1) is 0 Å². The number of hydrogen-bond acceptors (Lipinski definition) is 2. The lowest BCUT2D eigenvalue weighted by molar-refractivity contribution is 0.219. The fourth-order valence-electron chi connectivity index (χ4n) is 0.820. The van der Waals surface area contributed by atoms with Crippen molar-refractivity contribution in [3.8, 4) is 0 Å². The SMILES string of the molecule is CN(CCc1cnc[nH]1)C(N)=O. The average Bonchev–Trinajstić information content (AvgIpc) is 2.51. The van der Waals surface area contributed by atoms with Gasteiger partial charge >= 0.3 is 6.03 Å². The summed E-state index contributed by atoms with van der Waals surface area (Å²) in [5.41, 5.74) is 6.04. The largest absolute Gasteiger partial charge is 0.351 e. The normalized spacial score (nSPS) is 9.75. The smallest absolute Gasteiger partial charge is 0.314 e. The Morgan fingerprint density at radius 2 is 2.58 bits per heavy atom. The van der Waals surface area contributed by atoms with Gasteiger partial charge < -0.3 is 15.6 Å². The summed E-state index contributed by atoms with van der Waals surface area (Å²) in [4.78, 5) is 18.8. The molecule has 0 saturated carbocycles. The first-order valence-electron chi connectivity index (χ1n) is 3.68. The molecule has 0 atom stereocenters. The predicted molar refractivity (Wildman–Crippen MR) is 44.5 cm³/mol. The number of urea groups is 1. The molecule has 5 heteroatoms. The summed E-state index contributed by atoms with van der Waals surface area (Å²) in [6.07, 6.45) is 4.09. The van der Waals surface area contributed by atoms with Crippen molar-refractivity contribution >= 4 is 6.03 Å². The molecular weight excluding hydrogens is 156 g/mol. The van der Waals surface area contributed by atoms with E-state index < -0.39 is 6.03 Å². The van der Waals surface area contributed by atoms with Gasteiger partial charge in [0.1, 0.15) is 0 Å². The van der Waals surface area contributed by atoms with Crippen LogP contribution < -0.4 is 5.73 Å². The molecule has 2 amide bonds. The maximum atomic E-state index is 10.6. The van der Waals surface area contributed by atoms with Crippen LogP contribution in [-0.4, -0.2) is 34.5 Å². The average molecular weight is 168 g/mol. The summed E-state index contributed by atoms with van der Waals surface area (Å²) in [5.74, 6) is 0. The summed E-state index contributed by atoms with van der Waals surface area (Å²) < 4.78 is 0. The number of aromatic amines is 1. The number of nitrogens with two attached hydrogens (primary N) is 1. The second kappa shape index (κ2) is 3.75. The van der Waals surface area contributed by atoms with Crippen LogP contribution in [0.2, 0.25) is 0 Å². The number of H-pyrrole nitrogens is 1. The highest BCUT2D eigenvalue weighted by molar-refractivity contribution is 5.71. The van der Waals surface area contributed by atoms with Crippen molar-refractivity contribution < 1.29 is 4.79 Å². The Morgan fingerprint density at radius 3 is 3.08 bits per heavy atom. The zero-order chi connectivity index (χ0) is 8.97. The maximum Gasteiger partial charge on any atom is 0.314 e. The molecule has 0 aliphatic carbocycles. The number of aromatic nitrogens is 2. The molecule has 1 heterocycles. The number of primary amides is 1. The Hall–Kier alpha value is -1.52. The fourth-order valence-corrected chi connectivity index (χ4v) is 0.820. The van der Waals surface area contributed by atoms with Crippen molar-refractivity contribution in [3.05, 3.63) is 18.2 Å². The highest BCUT2D eigenvalue weighted by atomic mass is 16.2. The number of likely N-dealkylation sites (N-methyl/N-ethyl adjacent to an activating group) is 1. The van der Waals surface area contributed by atoms with Crippen molar-refractivity contribution in [2.24, 2.45) is 5.73 Å². The van der Waals surface area contributed by atoms with E-state index in [-0.39, 0.29) is 0 Å². The molecule has 1 rings (SSSR count). The minimum atomic E-state index is -0.408. The summed E-state index contributed by atoms with van der Waals surface area (Å²) in [5, 5.41) is 0. The van der Waals surface area contributed by atoms with Crippen molar-refractivity contribution in [3.63, 3.8) is 0 Å². The number of nitrogens with one attached hydrogen (secondary N) is 1. The van der Waals surface area contributed by atoms with Gasteiger partial charge in [-0.25, -0.2) is 9.78 Å². The number of carbonyl (C=O) groups excluding carboxylic acids is 1. The Kier molecular flexibility index (Phi) is 2.68. The van der Waals surface area contributed by atoms with Crippen LogP contribution in [0.1, 0.15) is 5.69 Å². The number of imidazole rings is 1. The van der Waals surface area contributed by atoms with Gasteiger partial charge in [-0.2, -0.15) is 0 Å². The molecule has 0 bridgehead atoms. The summed E-state index contributed by atoms with van der Waals surface area (Å²) >= 11 is 0. The van der Waals surface area contributed by atoms with Crippen LogP contribution >= 0.6 is 0 Å². The number of hydrogen-bond donors (Lipinski definition) is 2. The quantitative estimate of drug-likeness (QED) is 0.664. The highest BCUT2D eigenvalue weighted by Crippen LogP contribution is 1.93. The topological polar surface area (TPSA) is 75.0 Å². The van der Waals surface area contributed by atoms with E-state index >= 15 is 0 Å². The minimum Gasteiger partial charge on any atom is -0.351 e. The van der Waals surface area contributed by atoms with Crippen LogP contribution in [0.15, 0.2) is 12.5 Å². The van der Waals surface area contributed by atoms with Crippen LogP contribution in [0.3, 0.4) is 0 Å². The number of nitrogens with zero attached hydrogens (tertiary/aromatic N) is 2. The molecule has 0 aliphatic heterocycles. The van der Waals surface area contributed by atoms with E-state index in [4.69, 9.17) is 5.73 Å². The molecule has 0 fully saturated rings. The van der Waals surface area contributed by atoms with E-state index in [0.717, 1.165) is 12.1 Å². The Labute approximate surface area is 70.6 Å². The molecular formula is C7H12N4O. The monoisotopic (exact) mass is 168 g/mol. The molecule has 12 heavy (non-hydrogen) atoms. The van der Waals surface area contributed by atoms with Gasteiger partial charge in [0.25, 0.3) is 0 Å². The van der Waals surface area contributed by atoms with E-state index in [1.807, 2.05) is 0 Å². The molecule has 0 saturated heterocycles. The predicted octanol–water partition coefficient (Wildman–Crippen LogP) is -0.0373. The molecule has 0 unspecified atom stereocenters. The lowest BCUT2D eigenvalue weighted by Gasteiger charge is -2.12. The van der Waals surface area contributed by atoms with E-state index in [0.29, 0.717) is 6.54 Å². The molecule has 5 nitrogen and oxygen atoms in total. The fraction of sp³-hybridized carbons (Fsp3) is 0.429. The van der Waals surface area contributed by atoms with E-state index in [2.05, 4.69) is 9.97 Å². The number of carbonyl (C=O) groups is 1. The zero-order valence-electron chi connectivity index (χ0n) is 6.95. The molecule has 0 aliphatic rings. The first-order valence-corrected chi connectivity index (χ1v) is 3.68. The van der Waals surface area contributed by atoms with Crippen molar-refractivity contribution in [2.45, 2.75) is 6.42 Å². The minimum absolute atomic E-state index is 0.408. The van der Waals surface area contributed by atoms with Crippen LogP contribution in [-0.2, 0) is 6.42 Å². The molecule has 0 radical (unpaired) electrons. The first-order chi connectivity index (χ1) is 5.70. The Morgan fingerprint density at radius 1 is 1.83 bits per heavy atom. The second-order valence-electron chi connectivity index (χ2n) is 2.59. The molecule has 0 aromatic carbocycles. The van der Waals surface area contributed by atoms with Gasteiger partial charge in [-0.15, -0.1) is 0 Å². The Bertz CT molecular complexity index is 244. The van der Waals surface area contributed by atoms with Gasteiger partial charge in [0.15, 0.2) is 0 Å². The third kappa shape index (κ3) is 2.26. The summed E-state index contributed by atoms with van der Waals surface area (Å²) in [6, 6.07) is -0.408. The van der Waals surface area contributed by atoms with Crippen LogP contribution in [0.4, 0.5) is 4.79 Å². The van der Waals surface area contributed by atoms with Gasteiger partial charge in [0, 0.05) is 31.9 Å². The standard InChI is InChI=1S/C7H12N4O/c1-11(7(8)12)3-2-6-4-9-5-10-6/h4-5H,2-3H2,1H3,(H2,8,12)(H,9,10). The summed E-state index contributed by atoms with van der Waals surface area (Å²) in [6.45, 7) is 0.609. The molecule has 1 aromatic rings. The molecule has 0 spiro atoms. The number of amides is 2. The molecule has 66 valence electrons. The van der Waals surface area contributed by atoms with Crippen LogP contribution in [0.5, 0.6) is 0 Å². The summed E-state index contributed by atoms with van der Waals surface area (Å²) in [7, 11) is 1.67. The number of rotatable bonds is 3. The van der Waals surface area contributed by atoms with Gasteiger partial charge in [0.05, 0.1) is 6.33 Å². The lowest BCUT2D eigenvalue weighted by Crippen LogP contribution is -2.33. The van der Waals surface area contributed by atoms with Gasteiger partial charge in [-0.05, 0) is 0 Å². The lowest BCUT2D eigenvalue weighted by atomic mass is 10.3. The highest BCUT2D eigenvalue weighted by Gasteiger charge is 2.02. The second-order valence-corrected chi connectivity index (χ2v) is 2.59. The van der Waals surface area contributed by atoms with Crippen molar-refractivity contribution in [1.29, 1.82) is 0 Å². The maximum absolute atomic E-state index is 10.6. The van der Waals surface area contributed by atoms with E-state index in [1.54, 1.807) is 19.6 Å². The van der Waals surface area contributed by atoms with Gasteiger partial charge in [-0.3, -0.25) is 0 Å². The van der Waals surface area contributed by atoms with E-state index in [9.17, 15) is 4.79 Å². The molecule has 1 aromatic heterocycles.